The van der Waals surface area contributed by atoms with Gasteiger partial charge in [0.25, 0.3) is 11.1 Å². The summed E-state index contributed by atoms with van der Waals surface area (Å²) in [6.45, 7) is 3.18. The van der Waals surface area contributed by atoms with Crippen LogP contribution in [0.2, 0.25) is 0 Å². The number of carbonyl (C=O) groups excluding carboxylic acids is 2. The molecule has 2 N–H and O–H groups in total. The van der Waals surface area contributed by atoms with E-state index in [2.05, 4.69) is 25.5 Å². The monoisotopic (exact) mass is 506 g/mol. The standard InChI is InChI=1S/C25H26N6O4S/c1-34-21-3-2-19(17-7-11-35-15-17)29-20(21)14-26-13-16-5-9-31(10-6-16)24-27-8-4-18(28-24)12-22-23(32)30-25(33)36-22/h2-4,7-8,11-12,15-16,26H,5-6,9-10,13-14H2,1H3,(H,30,32,33). The fraction of sp³-hybridized carbons (Fsp3) is 0.320. The molecule has 0 saturated carbocycles. The van der Waals surface area contributed by atoms with Gasteiger partial charge in [0.15, 0.2) is 0 Å². The Kier molecular flexibility index (Phi) is 7.28. The molecule has 2 aliphatic rings. The minimum atomic E-state index is -0.389. The molecule has 0 spiro atoms. The first kappa shape index (κ1) is 24.0. The molecule has 36 heavy (non-hydrogen) atoms. The van der Waals surface area contributed by atoms with E-state index >= 15 is 0 Å². The average Bonchev–Trinajstić information content (AvgIpc) is 3.54. The van der Waals surface area contributed by atoms with Gasteiger partial charge in [-0.3, -0.25) is 14.9 Å². The summed E-state index contributed by atoms with van der Waals surface area (Å²) in [4.78, 5) is 39.4. The van der Waals surface area contributed by atoms with Crippen molar-refractivity contribution in [3.05, 3.63) is 59.3 Å². The SMILES string of the molecule is COc1ccc(-c2ccoc2)nc1CNCC1CCN(c2nccc(C=C3SC(=O)NC3=O)n2)CC1. The first-order valence-electron chi connectivity index (χ1n) is 11.7. The summed E-state index contributed by atoms with van der Waals surface area (Å²) in [5, 5.41) is 5.43. The van der Waals surface area contributed by atoms with E-state index in [1.54, 1.807) is 38.0 Å². The van der Waals surface area contributed by atoms with Gasteiger partial charge >= 0.3 is 0 Å². The van der Waals surface area contributed by atoms with Crippen LogP contribution in [0.1, 0.15) is 24.2 Å². The number of nitrogens with zero attached hydrogens (tertiary/aromatic N) is 4. The second kappa shape index (κ2) is 10.9. The number of furan rings is 1. The van der Waals surface area contributed by atoms with E-state index in [9.17, 15) is 9.59 Å². The van der Waals surface area contributed by atoms with Gasteiger partial charge in [-0.1, -0.05) is 0 Å². The van der Waals surface area contributed by atoms with Crippen molar-refractivity contribution < 1.29 is 18.7 Å². The van der Waals surface area contributed by atoms with E-state index < -0.39 is 0 Å². The lowest BCUT2D eigenvalue weighted by Crippen LogP contribution is -2.38. The lowest BCUT2D eigenvalue weighted by atomic mass is 9.97. The Morgan fingerprint density at radius 2 is 2.08 bits per heavy atom. The molecule has 0 unspecified atom stereocenters. The highest BCUT2D eigenvalue weighted by atomic mass is 32.2. The predicted molar refractivity (Wildman–Crippen MR) is 136 cm³/mol. The van der Waals surface area contributed by atoms with Crippen molar-refractivity contribution in [3.8, 4) is 17.0 Å². The predicted octanol–water partition coefficient (Wildman–Crippen LogP) is 3.47. The number of rotatable bonds is 8. The number of ether oxygens (including phenoxy) is 1. The molecule has 11 heteroatoms. The first-order valence-corrected chi connectivity index (χ1v) is 12.5. The van der Waals surface area contributed by atoms with Crippen LogP contribution < -0.4 is 20.3 Å². The summed E-state index contributed by atoms with van der Waals surface area (Å²) in [5.74, 6) is 1.53. The van der Waals surface area contributed by atoms with Crippen LogP contribution in [0.3, 0.4) is 0 Å². The average molecular weight is 507 g/mol. The molecular formula is C25H26N6O4S. The van der Waals surface area contributed by atoms with Crippen molar-refractivity contribution in [1.29, 1.82) is 0 Å². The van der Waals surface area contributed by atoms with Crippen LogP contribution in [0.4, 0.5) is 10.7 Å². The molecule has 5 rings (SSSR count). The van der Waals surface area contributed by atoms with Crippen LogP contribution in [-0.2, 0) is 11.3 Å². The van der Waals surface area contributed by atoms with Gasteiger partial charge in [-0.25, -0.2) is 15.0 Å². The number of piperidine rings is 1. The Bertz CT molecular complexity index is 1270. The highest BCUT2D eigenvalue weighted by molar-refractivity contribution is 8.18. The quantitative estimate of drug-likeness (QED) is 0.439. The van der Waals surface area contributed by atoms with Crippen LogP contribution in [0.5, 0.6) is 5.75 Å². The van der Waals surface area contributed by atoms with Crippen molar-refractivity contribution in [2.45, 2.75) is 19.4 Å². The Morgan fingerprint density at radius 3 is 2.81 bits per heavy atom. The topological polar surface area (TPSA) is 122 Å². The van der Waals surface area contributed by atoms with E-state index in [0.29, 0.717) is 29.0 Å². The summed E-state index contributed by atoms with van der Waals surface area (Å²) in [5.41, 5.74) is 3.26. The Balaban J connectivity index is 1.14. The maximum atomic E-state index is 11.8. The summed E-state index contributed by atoms with van der Waals surface area (Å²) in [6, 6.07) is 7.48. The molecule has 2 fully saturated rings. The molecular weight excluding hydrogens is 480 g/mol. The fourth-order valence-electron chi connectivity index (χ4n) is 4.25. The summed E-state index contributed by atoms with van der Waals surface area (Å²) < 4.78 is 10.7. The maximum Gasteiger partial charge on any atom is 0.290 e. The molecule has 2 aliphatic heterocycles. The number of anilines is 1. The number of hydrogen-bond donors (Lipinski definition) is 2. The van der Waals surface area contributed by atoms with Gasteiger partial charge in [-0.15, -0.1) is 0 Å². The third-order valence-electron chi connectivity index (χ3n) is 6.18. The van der Waals surface area contributed by atoms with E-state index in [-0.39, 0.29) is 11.1 Å². The van der Waals surface area contributed by atoms with Crippen molar-refractivity contribution in [3.63, 3.8) is 0 Å². The van der Waals surface area contributed by atoms with Crippen molar-refractivity contribution >= 4 is 34.9 Å². The van der Waals surface area contributed by atoms with Crippen LogP contribution in [0, 0.1) is 5.92 Å². The van der Waals surface area contributed by atoms with Crippen molar-refractivity contribution in [2.24, 2.45) is 5.92 Å². The summed E-state index contributed by atoms with van der Waals surface area (Å²) in [6.07, 6.45) is 8.64. The molecule has 186 valence electrons. The number of carbonyl (C=O) groups is 2. The minimum Gasteiger partial charge on any atom is -0.495 e. The normalized spacial score (nSPS) is 17.6. The number of imide groups is 1. The zero-order chi connectivity index (χ0) is 24.9. The number of aromatic nitrogens is 3. The van der Waals surface area contributed by atoms with Gasteiger partial charge in [0.05, 0.1) is 41.6 Å². The third-order valence-corrected chi connectivity index (χ3v) is 6.99. The Morgan fingerprint density at radius 1 is 1.22 bits per heavy atom. The molecule has 3 aromatic rings. The number of thioether (sulfide) groups is 1. The van der Waals surface area contributed by atoms with Gasteiger partial charge < -0.3 is 19.4 Å². The molecule has 5 heterocycles. The number of amides is 2. The highest BCUT2D eigenvalue weighted by Gasteiger charge is 2.26. The smallest absolute Gasteiger partial charge is 0.290 e. The largest absolute Gasteiger partial charge is 0.495 e. The Labute approximate surface area is 212 Å². The summed E-state index contributed by atoms with van der Waals surface area (Å²) >= 11 is 0.882. The van der Waals surface area contributed by atoms with Crippen LogP contribution in [0.15, 0.2) is 52.3 Å². The van der Waals surface area contributed by atoms with E-state index in [1.807, 2.05) is 18.2 Å². The number of hydrogen-bond acceptors (Lipinski definition) is 10. The van der Waals surface area contributed by atoms with Gasteiger partial charge in [0.2, 0.25) is 5.95 Å². The van der Waals surface area contributed by atoms with E-state index in [0.717, 1.165) is 66.9 Å². The molecule has 2 saturated heterocycles. The molecule has 10 nitrogen and oxygen atoms in total. The molecule has 0 aromatic carbocycles. The fourth-order valence-corrected chi connectivity index (χ4v) is 4.92. The van der Waals surface area contributed by atoms with Gasteiger partial charge in [0.1, 0.15) is 5.75 Å². The van der Waals surface area contributed by atoms with Gasteiger partial charge in [-0.2, -0.15) is 0 Å². The number of nitrogens with one attached hydrogen (secondary N) is 2. The molecule has 0 radical (unpaired) electrons. The van der Waals surface area contributed by atoms with Gasteiger partial charge in [-0.05, 0) is 67.4 Å². The zero-order valence-electron chi connectivity index (χ0n) is 19.8. The molecule has 3 aromatic heterocycles. The first-order chi connectivity index (χ1) is 17.6. The Hall–Kier alpha value is -3.70. The summed E-state index contributed by atoms with van der Waals surface area (Å²) in [7, 11) is 1.65. The lowest BCUT2D eigenvalue weighted by molar-refractivity contribution is -0.115. The third kappa shape index (κ3) is 5.58. The molecule has 0 aliphatic carbocycles. The molecule has 0 bridgehead atoms. The number of methoxy groups -OCH3 is 1. The molecule has 2 amide bonds. The van der Waals surface area contributed by atoms with Crippen molar-refractivity contribution in [2.75, 3.05) is 31.6 Å². The van der Waals surface area contributed by atoms with Crippen LogP contribution in [-0.4, -0.2) is 52.8 Å². The highest BCUT2D eigenvalue weighted by Crippen LogP contribution is 2.27. The second-order valence-corrected chi connectivity index (χ2v) is 9.57. The van der Waals surface area contributed by atoms with Crippen LogP contribution in [0.25, 0.3) is 17.3 Å². The van der Waals surface area contributed by atoms with Crippen LogP contribution >= 0.6 is 11.8 Å². The molecule has 0 atom stereocenters. The number of pyridine rings is 1. The lowest BCUT2D eigenvalue weighted by Gasteiger charge is -2.32. The second-order valence-electron chi connectivity index (χ2n) is 8.55. The van der Waals surface area contributed by atoms with Crippen molar-refractivity contribution in [1.82, 2.24) is 25.6 Å². The maximum absolute atomic E-state index is 11.8. The van der Waals surface area contributed by atoms with Gasteiger partial charge in [0, 0.05) is 31.4 Å². The minimum absolute atomic E-state index is 0.343. The van der Waals surface area contributed by atoms with E-state index in [4.69, 9.17) is 14.1 Å². The zero-order valence-corrected chi connectivity index (χ0v) is 20.6. The van der Waals surface area contributed by atoms with E-state index in [1.165, 1.54) is 0 Å².